The van der Waals surface area contributed by atoms with Gasteiger partial charge in [0.25, 0.3) is 0 Å². The van der Waals surface area contributed by atoms with Gasteiger partial charge in [-0.25, -0.2) is 0 Å². The van der Waals surface area contributed by atoms with E-state index in [9.17, 15) is 18.3 Å². The van der Waals surface area contributed by atoms with Crippen molar-refractivity contribution < 1.29 is 27.8 Å². The van der Waals surface area contributed by atoms with Gasteiger partial charge in [-0.2, -0.15) is 13.2 Å². The summed E-state index contributed by atoms with van der Waals surface area (Å²) in [6.07, 6.45) is -2.22. The third kappa shape index (κ3) is 3.13. The molecule has 0 radical (unpaired) electrons. The van der Waals surface area contributed by atoms with E-state index in [1.165, 1.54) is 13.2 Å². The van der Waals surface area contributed by atoms with Crippen LogP contribution in [0, 0.1) is 0 Å². The van der Waals surface area contributed by atoms with Gasteiger partial charge in [0, 0.05) is 7.11 Å². The first-order valence-electron chi connectivity index (χ1n) is 4.85. The normalized spacial score (nSPS) is 19.9. The predicted molar refractivity (Wildman–Crippen MR) is 53.8 cm³/mol. The van der Waals surface area contributed by atoms with Crippen molar-refractivity contribution in [2.75, 3.05) is 20.4 Å². The van der Waals surface area contributed by atoms with Crippen molar-refractivity contribution >= 4 is 0 Å². The first-order valence-corrected chi connectivity index (χ1v) is 4.85. The van der Waals surface area contributed by atoms with E-state index in [0.29, 0.717) is 12.7 Å². The zero-order valence-corrected chi connectivity index (χ0v) is 9.47. The van der Waals surface area contributed by atoms with Gasteiger partial charge in [-0.05, 0) is 19.1 Å². The molecule has 4 nitrogen and oxygen atoms in total. The van der Waals surface area contributed by atoms with E-state index in [1.54, 1.807) is 0 Å². The van der Waals surface area contributed by atoms with E-state index in [2.05, 4.69) is 10.1 Å². The SMILES string of the molecule is COCOC1=CC=C(C(C)(O)C(F)(F)F)NC1. The highest BCUT2D eigenvalue weighted by Crippen LogP contribution is 2.35. The Balaban J connectivity index is 2.76. The van der Waals surface area contributed by atoms with E-state index in [0.717, 1.165) is 6.08 Å². The van der Waals surface area contributed by atoms with Crippen LogP contribution in [-0.2, 0) is 9.47 Å². The van der Waals surface area contributed by atoms with Crippen molar-refractivity contribution in [3.05, 3.63) is 23.6 Å². The lowest BCUT2D eigenvalue weighted by Gasteiger charge is -2.31. The molecule has 1 aliphatic heterocycles. The van der Waals surface area contributed by atoms with E-state index < -0.39 is 11.8 Å². The number of ether oxygens (including phenoxy) is 2. The molecule has 0 aromatic heterocycles. The Morgan fingerprint density at radius 1 is 1.41 bits per heavy atom. The second-order valence-electron chi connectivity index (χ2n) is 3.69. The van der Waals surface area contributed by atoms with Crippen LogP contribution in [0.25, 0.3) is 0 Å². The number of aliphatic hydroxyl groups is 1. The molecule has 1 unspecified atom stereocenters. The van der Waals surface area contributed by atoms with Crippen LogP contribution in [0.4, 0.5) is 13.2 Å². The number of halogens is 3. The lowest BCUT2D eigenvalue weighted by atomic mass is 9.99. The van der Waals surface area contributed by atoms with Crippen molar-refractivity contribution in [1.29, 1.82) is 0 Å². The highest BCUT2D eigenvalue weighted by molar-refractivity contribution is 5.27. The van der Waals surface area contributed by atoms with Crippen LogP contribution in [-0.4, -0.2) is 37.3 Å². The van der Waals surface area contributed by atoms with Crippen LogP contribution < -0.4 is 5.32 Å². The molecule has 0 aromatic carbocycles. The van der Waals surface area contributed by atoms with Gasteiger partial charge in [-0.1, -0.05) is 0 Å². The molecule has 0 aliphatic carbocycles. The van der Waals surface area contributed by atoms with Crippen LogP contribution in [0.2, 0.25) is 0 Å². The molecule has 1 atom stereocenters. The first-order chi connectivity index (χ1) is 7.79. The molecule has 7 heteroatoms. The third-order valence-electron chi connectivity index (χ3n) is 2.33. The maximum Gasteiger partial charge on any atom is 0.422 e. The van der Waals surface area contributed by atoms with Crippen molar-refractivity contribution in [3.8, 4) is 0 Å². The van der Waals surface area contributed by atoms with E-state index in [-0.39, 0.29) is 19.0 Å². The van der Waals surface area contributed by atoms with Crippen LogP contribution >= 0.6 is 0 Å². The molecular weight excluding hydrogens is 239 g/mol. The van der Waals surface area contributed by atoms with E-state index >= 15 is 0 Å². The highest BCUT2D eigenvalue weighted by Gasteiger charge is 2.52. The molecule has 1 rings (SSSR count). The van der Waals surface area contributed by atoms with Gasteiger partial charge < -0.3 is 19.9 Å². The number of hydrogen-bond acceptors (Lipinski definition) is 4. The summed E-state index contributed by atoms with van der Waals surface area (Å²) in [5.41, 5.74) is -3.20. The molecular formula is C10H14F3NO3. The summed E-state index contributed by atoms with van der Waals surface area (Å²) in [6, 6.07) is 0. The monoisotopic (exact) mass is 253 g/mol. The Morgan fingerprint density at radius 3 is 2.47 bits per heavy atom. The summed E-state index contributed by atoms with van der Waals surface area (Å²) in [5, 5.41) is 11.9. The Labute approximate surface area is 96.7 Å². The first kappa shape index (κ1) is 13.9. The van der Waals surface area contributed by atoms with Crippen LogP contribution in [0.1, 0.15) is 6.92 Å². The fraction of sp³-hybridized carbons (Fsp3) is 0.600. The van der Waals surface area contributed by atoms with Crippen LogP contribution in [0.5, 0.6) is 0 Å². The number of nitrogens with one attached hydrogen (secondary N) is 1. The fourth-order valence-electron chi connectivity index (χ4n) is 1.20. The van der Waals surface area contributed by atoms with Gasteiger partial charge >= 0.3 is 6.18 Å². The Bertz CT molecular complexity index is 334. The molecule has 0 bridgehead atoms. The molecule has 2 N–H and O–H groups in total. The van der Waals surface area contributed by atoms with Crippen molar-refractivity contribution in [2.45, 2.75) is 18.7 Å². The van der Waals surface area contributed by atoms with E-state index in [1.807, 2.05) is 0 Å². The molecule has 0 aromatic rings. The molecule has 1 aliphatic rings. The van der Waals surface area contributed by atoms with Gasteiger partial charge in [-0.15, -0.1) is 0 Å². The lowest BCUT2D eigenvalue weighted by molar-refractivity contribution is -0.238. The largest absolute Gasteiger partial charge is 0.470 e. The Morgan fingerprint density at radius 2 is 2.06 bits per heavy atom. The van der Waals surface area contributed by atoms with Crippen LogP contribution in [0.15, 0.2) is 23.6 Å². The standard InChI is InChI=1S/C10H14F3NO3/c1-9(15,10(11,12)13)8-4-3-7(5-14-8)17-6-16-2/h3-4,14-15H,5-6H2,1-2H3. The smallest absolute Gasteiger partial charge is 0.422 e. The number of dihydropyridines is 1. The lowest BCUT2D eigenvalue weighted by Crippen LogP contribution is -2.49. The predicted octanol–water partition coefficient (Wildman–Crippen LogP) is 1.29. The number of rotatable bonds is 4. The fourth-order valence-corrected chi connectivity index (χ4v) is 1.20. The molecule has 0 saturated carbocycles. The van der Waals surface area contributed by atoms with Gasteiger partial charge in [0.2, 0.25) is 0 Å². The number of methoxy groups -OCH3 is 1. The van der Waals surface area contributed by atoms with Crippen molar-refractivity contribution in [3.63, 3.8) is 0 Å². The number of hydrogen-bond donors (Lipinski definition) is 2. The molecule has 17 heavy (non-hydrogen) atoms. The summed E-state index contributed by atoms with van der Waals surface area (Å²) < 4.78 is 47.2. The highest BCUT2D eigenvalue weighted by atomic mass is 19.4. The molecule has 98 valence electrons. The zero-order valence-electron chi connectivity index (χ0n) is 9.47. The van der Waals surface area contributed by atoms with Crippen molar-refractivity contribution in [2.24, 2.45) is 0 Å². The van der Waals surface area contributed by atoms with Gasteiger partial charge in [-0.3, -0.25) is 0 Å². The average molecular weight is 253 g/mol. The molecule has 0 fully saturated rings. The topological polar surface area (TPSA) is 50.7 Å². The maximum atomic E-state index is 12.5. The third-order valence-corrected chi connectivity index (χ3v) is 2.33. The summed E-state index contributed by atoms with van der Waals surface area (Å²) >= 11 is 0. The summed E-state index contributed by atoms with van der Waals surface area (Å²) in [4.78, 5) is 0. The Hall–Kier alpha value is -1.21. The summed E-state index contributed by atoms with van der Waals surface area (Å²) in [5.74, 6) is 0.438. The molecule has 0 saturated heterocycles. The number of allylic oxidation sites excluding steroid dienone is 2. The Kier molecular flexibility index (Phi) is 4.05. The van der Waals surface area contributed by atoms with Gasteiger partial charge in [0.15, 0.2) is 12.4 Å². The minimum absolute atomic E-state index is 0.0202. The second kappa shape index (κ2) is 4.97. The minimum Gasteiger partial charge on any atom is -0.470 e. The minimum atomic E-state index is -4.73. The van der Waals surface area contributed by atoms with Gasteiger partial charge in [0.1, 0.15) is 5.76 Å². The summed E-state index contributed by atoms with van der Waals surface area (Å²) in [6.45, 7) is 0.786. The van der Waals surface area contributed by atoms with Gasteiger partial charge in [0.05, 0.1) is 12.2 Å². The maximum absolute atomic E-state index is 12.5. The quantitative estimate of drug-likeness (QED) is 0.741. The van der Waals surface area contributed by atoms with Crippen LogP contribution in [0.3, 0.4) is 0 Å². The number of alkyl halides is 3. The molecule has 1 heterocycles. The second-order valence-corrected chi connectivity index (χ2v) is 3.69. The van der Waals surface area contributed by atoms with E-state index in [4.69, 9.17) is 4.74 Å². The average Bonchev–Trinajstić information content (AvgIpc) is 2.25. The molecule has 0 spiro atoms. The van der Waals surface area contributed by atoms with Crippen molar-refractivity contribution in [1.82, 2.24) is 5.32 Å². The summed E-state index contributed by atoms with van der Waals surface area (Å²) in [7, 11) is 1.44. The zero-order chi connectivity index (χ0) is 13.1. The molecule has 0 amide bonds.